The van der Waals surface area contributed by atoms with Gasteiger partial charge in [0, 0.05) is 13.6 Å². The lowest BCUT2D eigenvalue weighted by Gasteiger charge is -2.22. The van der Waals surface area contributed by atoms with Crippen LogP contribution in [0.5, 0.6) is 0 Å². The lowest BCUT2D eigenvalue weighted by atomic mass is 10.3. The number of aromatic nitrogens is 4. The molecule has 0 aromatic carbocycles. The largest absolute Gasteiger partial charge is 0.428 e. The van der Waals surface area contributed by atoms with Crippen LogP contribution in [-0.2, 0) is 24.9 Å². The fourth-order valence-corrected chi connectivity index (χ4v) is 3.01. The Morgan fingerprint density at radius 2 is 1.80 bits per heavy atom. The first-order valence-electron chi connectivity index (χ1n) is 8.40. The topological polar surface area (TPSA) is 71.1 Å². The molecule has 0 bridgehead atoms. The Morgan fingerprint density at radius 1 is 1.20 bits per heavy atom. The van der Waals surface area contributed by atoms with Crippen molar-refractivity contribution in [1.29, 1.82) is 0 Å². The lowest BCUT2D eigenvalue weighted by Crippen LogP contribution is -2.45. The van der Waals surface area contributed by atoms with E-state index >= 15 is 0 Å². The van der Waals surface area contributed by atoms with Crippen molar-refractivity contribution in [1.82, 2.24) is 18.7 Å². The highest BCUT2D eigenvalue weighted by Gasteiger charge is 2.58. The first-order valence-corrected chi connectivity index (χ1v) is 9.19. The Labute approximate surface area is 173 Å². The molecule has 2 heterocycles. The van der Waals surface area contributed by atoms with Crippen LogP contribution < -0.4 is 11.2 Å². The third kappa shape index (κ3) is 4.79. The van der Waals surface area contributed by atoms with E-state index in [0.717, 1.165) is 10.1 Å². The van der Waals surface area contributed by atoms with E-state index in [2.05, 4.69) is 25.7 Å². The van der Waals surface area contributed by atoms with Gasteiger partial charge in [-0.1, -0.05) is 11.6 Å². The quantitative estimate of drug-likeness (QED) is 0.328. The van der Waals surface area contributed by atoms with E-state index in [1.54, 1.807) is 6.08 Å². The van der Waals surface area contributed by atoms with Gasteiger partial charge in [-0.2, -0.15) is 22.0 Å². The predicted molar refractivity (Wildman–Crippen MR) is 98.2 cm³/mol. The second-order valence-electron chi connectivity index (χ2n) is 6.56. The minimum absolute atomic E-state index is 0.0161. The first kappa shape index (κ1) is 24.2. The second-order valence-corrected chi connectivity index (χ2v) is 7.27. The molecule has 30 heavy (non-hydrogen) atoms. The van der Waals surface area contributed by atoms with Gasteiger partial charge in [0.25, 0.3) is 11.7 Å². The Kier molecular flexibility index (Phi) is 6.91. The van der Waals surface area contributed by atoms with E-state index in [9.17, 15) is 35.9 Å². The number of hydrogen-bond acceptors (Lipinski definition) is 4. The number of aryl methyl sites for hydroxylation is 1. The van der Waals surface area contributed by atoms with Crippen LogP contribution in [0.1, 0.15) is 13.8 Å². The highest BCUT2D eigenvalue weighted by molar-refractivity contribution is 9.10. The van der Waals surface area contributed by atoms with Crippen molar-refractivity contribution in [3.63, 3.8) is 0 Å². The van der Waals surface area contributed by atoms with E-state index in [4.69, 9.17) is 0 Å². The molecule has 168 valence electrons. The molecular weight excluding hydrogens is 490 g/mol. The summed E-state index contributed by atoms with van der Waals surface area (Å²) in [7, 11) is 1.28. The molecule has 0 saturated carbocycles. The van der Waals surface area contributed by atoms with Crippen LogP contribution in [-0.4, -0.2) is 43.7 Å². The molecule has 1 atom stereocenters. The van der Waals surface area contributed by atoms with Crippen molar-refractivity contribution in [2.45, 2.75) is 45.4 Å². The molecule has 0 spiro atoms. The van der Waals surface area contributed by atoms with Gasteiger partial charge in [0.15, 0.2) is 15.9 Å². The number of nitrogens with zero attached hydrogens (tertiary/aromatic N) is 4. The minimum Gasteiger partial charge on any atom is -0.316 e. The smallest absolute Gasteiger partial charge is 0.316 e. The highest BCUT2D eigenvalue weighted by Crippen LogP contribution is 2.35. The summed E-state index contributed by atoms with van der Waals surface area (Å²) in [6.07, 6.45) is -13.8. The first-order chi connectivity index (χ1) is 13.7. The van der Waals surface area contributed by atoms with Crippen LogP contribution in [0, 0.1) is 0 Å². The summed E-state index contributed by atoms with van der Waals surface area (Å²) in [6.45, 7) is 1.80. The fraction of sp³-hybridized carbons (Fsp3) is 0.562. The van der Waals surface area contributed by atoms with Gasteiger partial charge in [0.1, 0.15) is 0 Å². The second kappa shape index (κ2) is 8.57. The summed E-state index contributed by atoms with van der Waals surface area (Å²) in [4.78, 5) is 29.3. The van der Waals surface area contributed by atoms with E-state index in [1.165, 1.54) is 11.6 Å². The Hall–Kier alpha value is -2.09. The molecule has 1 unspecified atom stereocenters. The number of fused-ring (bicyclic) bond motifs is 1. The zero-order valence-electron chi connectivity index (χ0n) is 15.9. The van der Waals surface area contributed by atoms with Crippen molar-refractivity contribution in [3.8, 4) is 0 Å². The van der Waals surface area contributed by atoms with Crippen molar-refractivity contribution in [2.75, 3.05) is 6.61 Å². The monoisotopic (exact) mass is 506 g/mol. The molecule has 0 radical (unpaired) electrons. The molecule has 2 aromatic heterocycles. The molecule has 0 N–H and O–H groups in total. The molecule has 0 amide bonds. The van der Waals surface area contributed by atoms with Gasteiger partial charge in [-0.3, -0.25) is 13.9 Å². The summed E-state index contributed by atoms with van der Waals surface area (Å²) in [5.41, 5.74) is -0.955. The number of allylic oxidation sites excluding steroid dienone is 2. The van der Waals surface area contributed by atoms with Crippen molar-refractivity contribution < 1.29 is 31.1 Å². The summed E-state index contributed by atoms with van der Waals surface area (Å²) < 4.78 is 82.8. The van der Waals surface area contributed by atoms with Gasteiger partial charge in [-0.05, 0) is 29.8 Å². The molecule has 0 aliphatic rings. The molecule has 2 rings (SSSR count). The number of hydrogen-bond donors (Lipinski definition) is 0. The maximum absolute atomic E-state index is 13.3. The molecule has 7 nitrogen and oxygen atoms in total. The molecule has 14 heteroatoms. The van der Waals surface area contributed by atoms with E-state index in [-0.39, 0.29) is 22.4 Å². The van der Waals surface area contributed by atoms with Crippen LogP contribution in [0.15, 0.2) is 26.0 Å². The van der Waals surface area contributed by atoms with Crippen LogP contribution in [0.25, 0.3) is 11.2 Å². The van der Waals surface area contributed by atoms with Crippen LogP contribution in [0.4, 0.5) is 26.3 Å². The number of imidazole rings is 1. The lowest BCUT2D eigenvalue weighted by molar-refractivity contribution is -0.336. The van der Waals surface area contributed by atoms with Crippen LogP contribution in [0.2, 0.25) is 0 Å². The van der Waals surface area contributed by atoms with Gasteiger partial charge >= 0.3 is 18.0 Å². The fourth-order valence-electron chi connectivity index (χ4n) is 2.52. The maximum Gasteiger partial charge on any atom is 0.428 e. The van der Waals surface area contributed by atoms with Gasteiger partial charge < -0.3 is 9.30 Å². The third-order valence-corrected chi connectivity index (χ3v) is 4.67. The van der Waals surface area contributed by atoms with Gasteiger partial charge in [-0.25, -0.2) is 14.2 Å². The summed E-state index contributed by atoms with van der Waals surface area (Å²) in [5, 5.41) is 0. The predicted octanol–water partition coefficient (Wildman–Crippen LogP) is 3.14. The maximum atomic E-state index is 13.3. The van der Waals surface area contributed by atoms with Crippen molar-refractivity contribution >= 4 is 27.1 Å². The number of halogens is 7. The van der Waals surface area contributed by atoms with E-state index in [1.807, 2.05) is 13.8 Å². The van der Waals surface area contributed by atoms with Crippen molar-refractivity contribution in [2.24, 2.45) is 7.05 Å². The van der Waals surface area contributed by atoms with E-state index in [0.29, 0.717) is 4.57 Å². The standard InChI is InChI=1S/C16H17BrF6N4O3/c1-8(2)4-5-26-9-10(24-13(26)17)25(3)14(29)27(11(9)28)6-7-30-16(22,23)12(18)15(19,20)21/h4,12H,5-7H2,1-3H3. The zero-order chi connectivity index (χ0) is 23.0. The molecule has 0 aliphatic heterocycles. The molecular formula is C16H17BrF6N4O3. The molecule has 2 aromatic rings. The van der Waals surface area contributed by atoms with Crippen LogP contribution >= 0.6 is 15.9 Å². The average molecular weight is 507 g/mol. The van der Waals surface area contributed by atoms with E-state index < -0.39 is 42.9 Å². The Morgan fingerprint density at radius 3 is 2.33 bits per heavy atom. The Bertz CT molecular complexity index is 1080. The SMILES string of the molecule is CC(C)=CCn1c(Br)nc2c1c(=O)n(CCOC(F)(F)C(F)C(F)(F)F)c(=O)n2C. The highest BCUT2D eigenvalue weighted by atomic mass is 79.9. The third-order valence-electron chi connectivity index (χ3n) is 4.06. The van der Waals surface area contributed by atoms with Gasteiger partial charge in [0.05, 0.1) is 13.2 Å². The summed E-state index contributed by atoms with van der Waals surface area (Å²) in [6, 6.07) is 0. The van der Waals surface area contributed by atoms with Crippen LogP contribution in [0.3, 0.4) is 0 Å². The van der Waals surface area contributed by atoms with Gasteiger partial charge in [-0.15, -0.1) is 0 Å². The average Bonchev–Trinajstić information content (AvgIpc) is 2.96. The molecule has 0 fully saturated rings. The number of alkyl halides is 6. The summed E-state index contributed by atoms with van der Waals surface area (Å²) >= 11 is 3.18. The number of ether oxygens (including phenoxy) is 1. The molecule has 0 aliphatic carbocycles. The normalized spacial score (nSPS) is 13.7. The number of rotatable bonds is 7. The summed E-state index contributed by atoms with van der Waals surface area (Å²) in [5.74, 6) is 0. The van der Waals surface area contributed by atoms with Gasteiger partial charge in [0.2, 0.25) is 0 Å². The molecule has 0 saturated heterocycles. The van der Waals surface area contributed by atoms with Crippen molar-refractivity contribution in [3.05, 3.63) is 37.2 Å². The Balaban J connectivity index is 2.41. The zero-order valence-corrected chi connectivity index (χ0v) is 17.5. The minimum atomic E-state index is -5.83.